The predicted molar refractivity (Wildman–Crippen MR) is 141 cm³/mol. The van der Waals surface area contributed by atoms with Crippen LogP contribution >= 0.6 is 0 Å². The summed E-state index contributed by atoms with van der Waals surface area (Å²) in [4.78, 5) is 4.25. The first kappa shape index (κ1) is 30.7. The molecule has 0 amide bonds. The highest BCUT2D eigenvalue weighted by molar-refractivity contribution is 7.93. The van der Waals surface area contributed by atoms with E-state index in [0.29, 0.717) is 23.6 Å². The number of sulfone groups is 1. The number of nitrogens with one attached hydrogen (secondary N) is 1. The second kappa shape index (κ2) is 12.1. The molecule has 0 fully saturated rings. The molecule has 35 heavy (non-hydrogen) atoms. The molecule has 2 rings (SSSR count). The Morgan fingerprint density at radius 3 is 2.23 bits per heavy atom. The van der Waals surface area contributed by atoms with Gasteiger partial charge in [-0.05, 0) is 96.2 Å². The topological polar surface area (TPSA) is 89.3 Å². The van der Waals surface area contributed by atoms with Crippen LogP contribution in [0.1, 0.15) is 77.6 Å². The third kappa shape index (κ3) is 8.69. The van der Waals surface area contributed by atoms with E-state index in [9.17, 15) is 12.8 Å². The van der Waals surface area contributed by atoms with Crippen molar-refractivity contribution < 1.29 is 22.3 Å². The molecule has 0 aliphatic heterocycles. The van der Waals surface area contributed by atoms with Crippen molar-refractivity contribution in [2.75, 3.05) is 12.9 Å². The Balaban J connectivity index is 0.000000905. The van der Waals surface area contributed by atoms with Crippen LogP contribution in [0.5, 0.6) is 11.5 Å². The van der Waals surface area contributed by atoms with Gasteiger partial charge in [-0.1, -0.05) is 13.8 Å². The lowest BCUT2D eigenvalue weighted by Gasteiger charge is -2.27. The van der Waals surface area contributed by atoms with Crippen molar-refractivity contribution in [2.24, 2.45) is 0 Å². The Morgan fingerprint density at radius 2 is 1.71 bits per heavy atom. The molecule has 0 aliphatic carbocycles. The first-order chi connectivity index (χ1) is 15.9. The number of aryl methyl sites for hydroxylation is 2. The van der Waals surface area contributed by atoms with Crippen LogP contribution < -0.4 is 4.74 Å². The molecule has 0 aliphatic rings. The van der Waals surface area contributed by atoms with E-state index in [4.69, 9.17) is 14.9 Å². The molecule has 0 saturated heterocycles. The summed E-state index contributed by atoms with van der Waals surface area (Å²) in [6, 6.07) is 6.18. The summed E-state index contributed by atoms with van der Waals surface area (Å²) in [6.07, 6.45) is 2.09. The van der Waals surface area contributed by atoms with Gasteiger partial charge in [0.05, 0.1) is 17.0 Å². The van der Waals surface area contributed by atoms with Crippen molar-refractivity contribution >= 4 is 15.5 Å². The molecule has 0 radical (unpaired) electrons. The number of halogens is 1. The van der Waals surface area contributed by atoms with E-state index in [2.05, 4.69) is 4.98 Å². The minimum absolute atomic E-state index is 0.0417. The van der Waals surface area contributed by atoms with Crippen molar-refractivity contribution in [1.29, 1.82) is 5.41 Å². The van der Waals surface area contributed by atoms with E-state index in [1.165, 1.54) is 32.0 Å². The average Bonchev–Trinajstić information content (AvgIpc) is 2.76. The van der Waals surface area contributed by atoms with Gasteiger partial charge in [-0.15, -0.1) is 0 Å². The number of methoxy groups -OCH3 is 1. The lowest BCUT2D eigenvalue weighted by atomic mass is 10.0. The maximum atomic E-state index is 14.5. The molecule has 0 spiro atoms. The monoisotopic (exact) mass is 508 g/mol. The first-order valence-electron chi connectivity index (χ1n) is 11.7. The Morgan fingerprint density at radius 1 is 1.14 bits per heavy atom. The zero-order valence-corrected chi connectivity index (χ0v) is 23.6. The van der Waals surface area contributed by atoms with Gasteiger partial charge in [0.2, 0.25) is 0 Å². The zero-order valence-electron chi connectivity index (χ0n) is 22.7. The van der Waals surface area contributed by atoms with Crippen molar-refractivity contribution in [3.63, 3.8) is 0 Å². The zero-order chi connectivity index (χ0) is 27.2. The number of ether oxygens (including phenoxy) is 2. The summed E-state index contributed by atoms with van der Waals surface area (Å²) in [5.74, 6) is -0.345. The molecule has 0 saturated carbocycles. The molecular formula is C27H41FN2O4S. The van der Waals surface area contributed by atoms with Crippen LogP contribution in [0.3, 0.4) is 0 Å². The van der Waals surface area contributed by atoms with E-state index in [-0.39, 0.29) is 22.6 Å². The van der Waals surface area contributed by atoms with E-state index in [0.717, 1.165) is 5.56 Å². The Labute approximate surface area is 210 Å². The number of benzene rings is 1. The van der Waals surface area contributed by atoms with Crippen molar-refractivity contribution in [2.45, 2.75) is 85.0 Å². The largest absolute Gasteiger partial charge is 0.455 e. The van der Waals surface area contributed by atoms with E-state index >= 15 is 0 Å². The number of hydrogen-bond acceptors (Lipinski definition) is 6. The average molecular weight is 509 g/mol. The molecular weight excluding hydrogens is 467 g/mol. The predicted octanol–water partition coefficient (Wildman–Crippen LogP) is 6.79. The second-order valence-corrected chi connectivity index (χ2v) is 12.8. The molecule has 1 aromatic carbocycles. The summed E-state index contributed by atoms with van der Waals surface area (Å²) in [6.45, 7) is 16.3. The van der Waals surface area contributed by atoms with Gasteiger partial charge in [0.1, 0.15) is 22.1 Å². The van der Waals surface area contributed by atoms with E-state index in [1.807, 2.05) is 40.7 Å². The highest BCUT2D eigenvalue weighted by atomic mass is 32.2. The molecule has 6 nitrogen and oxygen atoms in total. The van der Waals surface area contributed by atoms with Crippen LogP contribution in [0.15, 0.2) is 30.5 Å². The second-order valence-electron chi connectivity index (χ2n) is 10.2. The number of aromatic nitrogens is 1. The SMILES string of the molecule is CCC(=N)C(C)(C)S(=O)(=O)C[C@H](C)c1cc(Oc2cc(C)cnc2C)ccc1F.COC(C)(C)C. The van der Waals surface area contributed by atoms with Crippen molar-refractivity contribution in [3.8, 4) is 11.5 Å². The third-order valence-electron chi connectivity index (χ3n) is 5.84. The Kier molecular flexibility index (Phi) is 10.6. The number of nitrogens with zero attached hydrogens (tertiary/aromatic N) is 1. The van der Waals surface area contributed by atoms with Crippen LogP contribution in [0, 0.1) is 25.1 Å². The van der Waals surface area contributed by atoms with Crippen LogP contribution in [0.25, 0.3) is 0 Å². The summed E-state index contributed by atoms with van der Waals surface area (Å²) in [7, 11) is -1.95. The van der Waals surface area contributed by atoms with Gasteiger partial charge in [0.25, 0.3) is 0 Å². The van der Waals surface area contributed by atoms with Crippen LogP contribution in [0.2, 0.25) is 0 Å². The van der Waals surface area contributed by atoms with Crippen LogP contribution in [0.4, 0.5) is 4.39 Å². The fourth-order valence-corrected chi connectivity index (χ4v) is 4.82. The van der Waals surface area contributed by atoms with Gasteiger partial charge >= 0.3 is 0 Å². The summed E-state index contributed by atoms with van der Waals surface area (Å²) in [5, 5.41) is 8.00. The molecule has 1 heterocycles. The van der Waals surface area contributed by atoms with Gasteiger partial charge in [-0.2, -0.15) is 0 Å². The molecule has 0 bridgehead atoms. The fraction of sp³-hybridized carbons (Fsp3) is 0.556. The standard InChI is InChI=1S/C22H29FN2O3S.C5H12O/c1-7-21(24)22(5,6)29(26,27)13-15(3)18-11-17(8-9-19(18)23)28-20-10-14(2)12-25-16(20)4;1-5(2,3)6-4/h8-12,15,24H,7,13H2,1-6H3;1-4H3/t15-;/m0./s1. The van der Waals surface area contributed by atoms with E-state index in [1.54, 1.807) is 27.2 Å². The highest BCUT2D eigenvalue weighted by Gasteiger charge is 2.38. The van der Waals surface area contributed by atoms with Crippen molar-refractivity contribution in [3.05, 3.63) is 53.1 Å². The molecule has 2 aromatic rings. The number of rotatable bonds is 8. The summed E-state index contributed by atoms with van der Waals surface area (Å²) < 4.78 is 49.8. The highest BCUT2D eigenvalue weighted by Crippen LogP contribution is 2.32. The van der Waals surface area contributed by atoms with Gasteiger partial charge in [0.15, 0.2) is 9.84 Å². The first-order valence-corrected chi connectivity index (χ1v) is 13.4. The normalized spacial score (nSPS) is 13.0. The number of hydrogen-bond donors (Lipinski definition) is 1. The quantitative estimate of drug-likeness (QED) is 0.397. The number of pyridine rings is 1. The van der Waals surface area contributed by atoms with Gasteiger partial charge in [-0.25, -0.2) is 12.8 Å². The summed E-state index contributed by atoms with van der Waals surface area (Å²) >= 11 is 0. The fourth-order valence-electron chi connectivity index (χ4n) is 3.04. The summed E-state index contributed by atoms with van der Waals surface area (Å²) in [5.41, 5.74) is 2.10. The minimum atomic E-state index is -3.66. The maximum Gasteiger partial charge on any atom is 0.161 e. The Hall–Kier alpha value is -2.32. The molecule has 1 aromatic heterocycles. The molecule has 196 valence electrons. The van der Waals surface area contributed by atoms with Crippen molar-refractivity contribution in [1.82, 2.24) is 4.98 Å². The van der Waals surface area contributed by atoms with Gasteiger partial charge < -0.3 is 14.9 Å². The van der Waals surface area contributed by atoms with Crippen LogP contribution in [-0.4, -0.2) is 42.3 Å². The maximum absolute atomic E-state index is 14.5. The smallest absolute Gasteiger partial charge is 0.161 e. The molecule has 1 atom stereocenters. The molecule has 0 unspecified atom stereocenters. The lowest BCUT2D eigenvalue weighted by molar-refractivity contribution is 0.0397. The van der Waals surface area contributed by atoms with Gasteiger partial charge in [0, 0.05) is 19.0 Å². The van der Waals surface area contributed by atoms with Crippen LogP contribution in [-0.2, 0) is 14.6 Å². The van der Waals surface area contributed by atoms with Gasteiger partial charge in [-0.3, -0.25) is 4.98 Å². The Bertz CT molecular complexity index is 1120. The van der Waals surface area contributed by atoms with E-state index < -0.39 is 26.3 Å². The molecule has 1 N–H and O–H groups in total. The third-order valence-corrected chi connectivity index (χ3v) is 8.58. The molecule has 8 heteroatoms. The minimum Gasteiger partial charge on any atom is -0.455 e. The lowest BCUT2D eigenvalue weighted by Crippen LogP contribution is -2.42.